The fraction of sp³-hybridized carbons (Fsp3) is 0.111. The smallest absolute Gasteiger partial charge is 0.271 e. The van der Waals surface area contributed by atoms with Gasteiger partial charge in [-0.05, 0) is 73.1 Å². The summed E-state index contributed by atoms with van der Waals surface area (Å²) in [6.07, 6.45) is 4.02. The maximum atomic E-state index is 13.5. The summed E-state index contributed by atoms with van der Waals surface area (Å²) in [5, 5.41) is 11.1. The largest absolute Gasteiger partial charge is 0.504 e. The van der Waals surface area contributed by atoms with Crippen LogP contribution in [0, 0.1) is 0 Å². The van der Waals surface area contributed by atoms with E-state index in [-0.39, 0.29) is 11.7 Å². The van der Waals surface area contributed by atoms with E-state index in [1.165, 1.54) is 11.8 Å². The van der Waals surface area contributed by atoms with Gasteiger partial charge in [0, 0.05) is 5.56 Å². The topological polar surface area (TPSA) is 62.1 Å². The van der Waals surface area contributed by atoms with Gasteiger partial charge >= 0.3 is 0 Å². The maximum absolute atomic E-state index is 13.5. The number of carbonyl (C=O) groups excluding carboxylic acids is 1. The molecule has 1 amide bonds. The number of anilines is 1. The van der Waals surface area contributed by atoms with E-state index in [1.54, 1.807) is 17.0 Å². The Kier molecular flexibility index (Phi) is 6.95. The molecule has 33 heavy (non-hydrogen) atoms. The Morgan fingerprint density at radius 2 is 1.79 bits per heavy atom. The van der Waals surface area contributed by atoms with Gasteiger partial charge in [-0.25, -0.2) is 4.99 Å². The average molecular weight is 457 g/mol. The predicted octanol–water partition coefficient (Wildman–Crippen LogP) is 6.33. The second kappa shape index (κ2) is 10.2. The number of benzene rings is 3. The SMILES string of the molecule is C=CCc1cc(/C=C2\SC(=Nc3ccccc3)N(c3ccccc3)C2=O)cc(OCC)c1O. The highest BCUT2D eigenvalue weighted by Gasteiger charge is 2.34. The minimum absolute atomic E-state index is 0.0987. The highest BCUT2D eigenvalue weighted by Crippen LogP contribution is 2.39. The van der Waals surface area contributed by atoms with E-state index in [2.05, 4.69) is 6.58 Å². The number of carbonyl (C=O) groups is 1. The first-order chi connectivity index (χ1) is 16.1. The Bertz CT molecular complexity index is 1220. The number of phenolic OH excluding ortho intramolecular Hbond substituents is 1. The molecule has 0 atom stereocenters. The molecule has 0 unspecified atom stereocenters. The lowest BCUT2D eigenvalue weighted by atomic mass is 10.1. The van der Waals surface area contributed by atoms with Gasteiger partial charge in [0.25, 0.3) is 5.91 Å². The molecule has 166 valence electrons. The van der Waals surface area contributed by atoms with E-state index in [0.717, 1.165) is 16.9 Å². The summed E-state index contributed by atoms with van der Waals surface area (Å²) < 4.78 is 5.61. The van der Waals surface area contributed by atoms with Crippen LogP contribution in [0.1, 0.15) is 18.1 Å². The number of allylic oxidation sites excluding steroid dienone is 1. The van der Waals surface area contributed by atoms with Gasteiger partial charge in [0.15, 0.2) is 16.7 Å². The van der Waals surface area contributed by atoms with E-state index in [4.69, 9.17) is 9.73 Å². The van der Waals surface area contributed by atoms with Gasteiger partial charge in [-0.1, -0.05) is 42.5 Å². The molecule has 0 bridgehead atoms. The molecule has 0 spiro atoms. The number of amidine groups is 1. The molecule has 1 aliphatic heterocycles. The normalized spacial score (nSPS) is 15.9. The molecule has 1 N–H and O–H groups in total. The summed E-state index contributed by atoms with van der Waals surface area (Å²) in [4.78, 5) is 20.3. The predicted molar refractivity (Wildman–Crippen MR) is 136 cm³/mol. The quantitative estimate of drug-likeness (QED) is 0.333. The van der Waals surface area contributed by atoms with Crippen LogP contribution < -0.4 is 9.64 Å². The molecule has 0 saturated carbocycles. The molecule has 1 saturated heterocycles. The molecule has 0 aromatic heterocycles. The molecule has 0 radical (unpaired) electrons. The standard InChI is InChI=1S/C27H24N2O3S/c1-3-11-20-16-19(17-23(25(20)30)32-4-2)18-24-26(31)29(22-14-9-6-10-15-22)27(33-24)28-21-12-7-5-8-13-21/h3,5-10,12-18,30H,1,4,11H2,2H3/b24-18-,28-27?. The third-order valence-electron chi connectivity index (χ3n) is 4.94. The molecule has 0 aliphatic carbocycles. The molecule has 6 heteroatoms. The molecule has 3 aromatic carbocycles. The molecule has 1 fully saturated rings. The fourth-order valence-corrected chi connectivity index (χ4v) is 4.47. The van der Waals surface area contributed by atoms with Gasteiger partial charge in [-0.15, -0.1) is 6.58 Å². The van der Waals surface area contributed by atoms with Crippen LogP contribution in [-0.4, -0.2) is 22.8 Å². The molecular weight excluding hydrogens is 432 g/mol. The van der Waals surface area contributed by atoms with Crippen molar-refractivity contribution in [3.63, 3.8) is 0 Å². The number of rotatable bonds is 7. The number of para-hydroxylation sites is 2. The van der Waals surface area contributed by atoms with Crippen LogP contribution >= 0.6 is 11.8 Å². The van der Waals surface area contributed by atoms with Crippen molar-refractivity contribution in [3.8, 4) is 11.5 Å². The van der Waals surface area contributed by atoms with E-state index < -0.39 is 0 Å². The lowest BCUT2D eigenvalue weighted by Crippen LogP contribution is -2.28. The Labute approximate surface area is 197 Å². The zero-order valence-corrected chi connectivity index (χ0v) is 19.1. The van der Waals surface area contributed by atoms with Gasteiger partial charge in [0.1, 0.15) is 0 Å². The second-order valence-electron chi connectivity index (χ2n) is 7.27. The summed E-state index contributed by atoms with van der Waals surface area (Å²) >= 11 is 1.32. The Morgan fingerprint density at radius 1 is 1.09 bits per heavy atom. The van der Waals surface area contributed by atoms with E-state index in [9.17, 15) is 9.90 Å². The van der Waals surface area contributed by atoms with Crippen molar-refractivity contribution < 1.29 is 14.6 Å². The average Bonchev–Trinajstić information content (AvgIpc) is 3.12. The van der Waals surface area contributed by atoms with Crippen molar-refractivity contribution in [3.05, 3.63) is 101 Å². The van der Waals surface area contributed by atoms with Gasteiger partial charge < -0.3 is 9.84 Å². The second-order valence-corrected chi connectivity index (χ2v) is 8.28. The minimum Gasteiger partial charge on any atom is -0.504 e. The molecule has 1 aliphatic rings. The lowest BCUT2D eigenvalue weighted by Gasteiger charge is -2.15. The lowest BCUT2D eigenvalue weighted by molar-refractivity contribution is -0.113. The van der Waals surface area contributed by atoms with Crippen molar-refractivity contribution >= 4 is 40.3 Å². The van der Waals surface area contributed by atoms with Crippen molar-refractivity contribution in [2.24, 2.45) is 4.99 Å². The van der Waals surface area contributed by atoms with Gasteiger partial charge in [-0.2, -0.15) is 0 Å². The monoisotopic (exact) mass is 456 g/mol. The maximum Gasteiger partial charge on any atom is 0.271 e. The van der Waals surface area contributed by atoms with Gasteiger partial charge in [0.05, 0.1) is 22.9 Å². The third-order valence-corrected chi connectivity index (χ3v) is 5.91. The van der Waals surface area contributed by atoms with Crippen molar-refractivity contribution in [1.29, 1.82) is 0 Å². The summed E-state index contributed by atoms with van der Waals surface area (Å²) in [5.74, 6) is 0.330. The summed E-state index contributed by atoms with van der Waals surface area (Å²) in [6, 6.07) is 22.6. The van der Waals surface area contributed by atoms with Gasteiger partial charge in [0.2, 0.25) is 0 Å². The van der Waals surface area contributed by atoms with Crippen molar-refractivity contribution in [1.82, 2.24) is 0 Å². The molecule has 5 nitrogen and oxygen atoms in total. The summed E-state index contributed by atoms with van der Waals surface area (Å²) in [7, 11) is 0. The minimum atomic E-state index is -0.155. The number of hydrogen-bond acceptors (Lipinski definition) is 5. The number of ether oxygens (including phenoxy) is 1. The number of nitrogens with zero attached hydrogens (tertiary/aromatic N) is 2. The highest BCUT2D eigenvalue weighted by molar-refractivity contribution is 8.19. The van der Waals surface area contributed by atoms with Gasteiger partial charge in [-0.3, -0.25) is 9.69 Å². The Morgan fingerprint density at radius 3 is 2.45 bits per heavy atom. The first kappa shape index (κ1) is 22.4. The molecular formula is C27H24N2O3S. The van der Waals surface area contributed by atoms with Crippen LogP contribution in [0.3, 0.4) is 0 Å². The van der Waals surface area contributed by atoms with E-state index in [1.807, 2.05) is 79.7 Å². The number of phenols is 1. The summed E-state index contributed by atoms with van der Waals surface area (Å²) in [6.45, 7) is 6.04. The van der Waals surface area contributed by atoms with Crippen LogP contribution in [0.2, 0.25) is 0 Å². The zero-order valence-electron chi connectivity index (χ0n) is 18.3. The number of thioether (sulfide) groups is 1. The zero-order chi connectivity index (χ0) is 23.2. The van der Waals surface area contributed by atoms with Crippen LogP contribution in [0.5, 0.6) is 11.5 Å². The Balaban J connectivity index is 1.78. The Hall–Kier alpha value is -3.77. The van der Waals surface area contributed by atoms with E-state index in [0.29, 0.717) is 34.4 Å². The van der Waals surface area contributed by atoms with Crippen molar-refractivity contribution in [2.75, 3.05) is 11.5 Å². The van der Waals surface area contributed by atoms with Crippen molar-refractivity contribution in [2.45, 2.75) is 13.3 Å². The number of amides is 1. The highest BCUT2D eigenvalue weighted by atomic mass is 32.2. The van der Waals surface area contributed by atoms with Crippen LogP contribution in [0.15, 0.2) is 95.3 Å². The molecule has 4 rings (SSSR count). The summed E-state index contributed by atoms with van der Waals surface area (Å²) in [5.41, 5.74) is 2.97. The molecule has 3 aromatic rings. The fourth-order valence-electron chi connectivity index (χ4n) is 3.47. The van der Waals surface area contributed by atoms with Crippen LogP contribution in [0.4, 0.5) is 11.4 Å². The van der Waals surface area contributed by atoms with Crippen LogP contribution in [0.25, 0.3) is 6.08 Å². The first-order valence-corrected chi connectivity index (χ1v) is 11.4. The third kappa shape index (κ3) is 5.02. The first-order valence-electron chi connectivity index (χ1n) is 10.6. The number of aromatic hydroxyl groups is 1. The molecule has 1 heterocycles. The number of hydrogen-bond donors (Lipinski definition) is 1. The van der Waals surface area contributed by atoms with Crippen LogP contribution in [-0.2, 0) is 11.2 Å². The van der Waals surface area contributed by atoms with E-state index >= 15 is 0 Å². The number of aliphatic imine (C=N–C) groups is 1.